The number of hydrogen-bond acceptors (Lipinski definition) is 7. The van der Waals surface area contributed by atoms with Crippen LogP contribution in [-0.4, -0.2) is 49.2 Å². The number of carbonyl (C=O) groups is 2. The molecule has 38 heavy (non-hydrogen) atoms. The number of halogens is 2. The molecule has 1 aromatic carbocycles. The van der Waals surface area contributed by atoms with Crippen LogP contribution in [0, 0.1) is 5.82 Å². The number of amidine groups is 1. The zero-order chi connectivity index (χ0) is 28.1. The van der Waals surface area contributed by atoms with Crippen molar-refractivity contribution in [3.63, 3.8) is 0 Å². The third-order valence-electron chi connectivity index (χ3n) is 6.68. The number of rotatable bonds is 3. The Morgan fingerprint density at radius 1 is 1.16 bits per heavy atom. The fourth-order valence-electron chi connectivity index (χ4n) is 4.75. The number of ether oxygens (including phenoxy) is 1. The minimum absolute atomic E-state index is 0.0975. The van der Waals surface area contributed by atoms with E-state index in [9.17, 15) is 13.8 Å². The maximum atomic E-state index is 15.4. The summed E-state index contributed by atoms with van der Waals surface area (Å²) in [6.07, 6.45) is 1.01. The van der Waals surface area contributed by atoms with Gasteiger partial charge >= 0.3 is 6.09 Å². The van der Waals surface area contributed by atoms with Crippen LogP contribution >= 0.6 is 11.6 Å². The van der Waals surface area contributed by atoms with Gasteiger partial charge in [-0.2, -0.15) is 0 Å². The molecule has 1 aromatic heterocycles. The van der Waals surface area contributed by atoms with Gasteiger partial charge in [-0.05, 0) is 78.3 Å². The van der Waals surface area contributed by atoms with Crippen LogP contribution in [0.1, 0.15) is 64.0 Å². The molecule has 2 N–H and O–H groups in total. The van der Waals surface area contributed by atoms with E-state index in [0.29, 0.717) is 23.7 Å². The molecule has 3 atom stereocenters. The second kappa shape index (κ2) is 9.60. The van der Waals surface area contributed by atoms with Gasteiger partial charge in [0, 0.05) is 24.0 Å². The summed E-state index contributed by atoms with van der Waals surface area (Å²) in [6.45, 7) is 10.6. The highest BCUT2D eigenvalue weighted by molar-refractivity contribution is 7.96. The summed E-state index contributed by atoms with van der Waals surface area (Å²) in [6, 6.07) is 7.12. The first kappa shape index (κ1) is 28.0. The summed E-state index contributed by atoms with van der Waals surface area (Å²) in [4.78, 5) is 34.2. The molecule has 0 bridgehead atoms. The molecule has 2 aromatic rings. The van der Waals surface area contributed by atoms with Crippen LogP contribution in [0.5, 0.6) is 0 Å². The summed E-state index contributed by atoms with van der Waals surface area (Å²) >= 11 is 5.85. The van der Waals surface area contributed by atoms with Gasteiger partial charge in [0.15, 0.2) is 0 Å². The summed E-state index contributed by atoms with van der Waals surface area (Å²) in [5.74, 6) is -1.01. The van der Waals surface area contributed by atoms with Crippen molar-refractivity contribution in [2.45, 2.75) is 69.1 Å². The molecule has 0 radical (unpaired) electrons. The van der Waals surface area contributed by atoms with Crippen molar-refractivity contribution < 1.29 is 22.9 Å². The number of anilines is 1. The Morgan fingerprint density at radius 3 is 2.50 bits per heavy atom. The lowest BCUT2D eigenvalue weighted by atomic mass is 9.85. The minimum Gasteiger partial charge on any atom is -0.444 e. The average molecular weight is 564 g/mol. The van der Waals surface area contributed by atoms with Crippen molar-refractivity contribution >= 4 is 44.9 Å². The molecule has 0 saturated heterocycles. The monoisotopic (exact) mass is 563 g/mol. The molecule has 2 aliphatic heterocycles. The zero-order valence-electron chi connectivity index (χ0n) is 22.1. The predicted octanol–water partition coefficient (Wildman–Crippen LogP) is 5.30. The van der Waals surface area contributed by atoms with Gasteiger partial charge in [0.1, 0.15) is 33.2 Å². The Bertz CT molecular complexity index is 1440. The molecule has 0 aliphatic carbocycles. The van der Waals surface area contributed by atoms with Crippen LogP contribution in [0.2, 0.25) is 5.02 Å². The second-order valence-corrected chi connectivity index (χ2v) is 14.4. The Morgan fingerprint density at radius 2 is 1.87 bits per heavy atom. The van der Waals surface area contributed by atoms with Crippen molar-refractivity contribution in [3.05, 3.63) is 58.6 Å². The molecule has 0 unspecified atom stereocenters. The Labute approximate surface area is 226 Å². The van der Waals surface area contributed by atoms with Crippen LogP contribution < -0.4 is 10.6 Å². The lowest BCUT2D eigenvalue weighted by Crippen LogP contribution is -2.60. The van der Waals surface area contributed by atoms with Gasteiger partial charge in [-0.25, -0.2) is 22.7 Å². The molecular formula is C26H31ClFN5O4S. The van der Waals surface area contributed by atoms with Crippen LogP contribution in [0.25, 0.3) is 0 Å². The summed E-state index contributed by atoms with van der Waals surface area (Å²) < 4.78 is 38.6. The second-order valence-electron chi connectivity index (χ2n) is 11.0. The summed E-state index contributed by atoms with van der Waals surface area (Å²) in [7, 11) is -3.02. The first-order valence-corrected chi connectivity index (χ1v) is 14.1. The molecule has 0 saturated carbocycles. The number of fused-ring (bicyclic) bond motifs is 1. The van der Waals surface area contributed by atoms with E-state index in [-0.39, 0.29) is 17.1 Å². The molecule has 0 spiro atoms. The molecule has 4 rings (SSSR count). The molecule has 0 fully saturated rings. The normalized spacial score (nSPS) is 26.0. The number of carbonyl (C=O) groups excluding carboxylic acids is 2. The molecular weight excluding hydrogens is 533 g/mol. The van der Waals surface area contributed by atoms with E-state index < -0.39 is 48.7 Å². The first-order valence-electron chi connectivity index (χ1n) is 12.1. The van der Waals surface area contributed by atoms with E-state index in [1.165, 1.54) is 30.5 Å². The minimum atomic E-state index is -3.02. The van der Waals surface area contributed by atoms with Crippen molar-refractivity contribution in [2.24, 2.45) is 9.36 Å². The smallest absolute Gasteiger partial charge is 0.413 e. The van der Waals surface area contributed by atoms with Gasteiger partial charge in [-0.15, -0.1) is 0 Å². The van der Waals surface area contributed by atoms with E-state index in [1.807, 2.05) is 0 Å². The summed E-state index contributed by atoms with van der Waals surface area (Å²) in [5.41, 5.74) is -1.58. The predicted molar refractivity (Wildman–Crippen MR) is 146 cm³/mol. The van der Waals surface area contributed by atoms with Gasteiger partial charge < -0.3 is 10.1 Å². The van der Waals surface area contributed by atoms with Crippen molar-refractivity contribution in [2.75, 3.05) is 11.9 Å². The van der Waals surface area contributed by atoms with Gasteiger partial charge in [0.05, 0.1) is 20.0 Å². The molecule has 3 heterocycles. The van der Waals surface area contributed by atoms with Crippen molar-refractivity contribution in [1.82, 2.24) is 10.3 Å². The van der Waals surface area contributed by atoms with Gasteiger partial charge in [-0.1, -0.05) is 11.6 Å². The van der Waals surface area contributed by atoms with Crippen molar-refractivity contribution in [1.29, 1.82) is 0 Å². The quantitative estimate of drug-likeness (QED) is 0.525. The molecule has 2 amide bonds. The lowest BCUT2D eigenvalue weighted by molar-refractivity contribution is 0.0560. The number of alkyl carbamates (subject to hydrolysis) is 1. The van der Waals surface area contributed by atoms with Gasteiger partial charge in [0.25, 0.3) is 5.91 Å². The van der Waals surface area contributed by atoms with E-state index >= 15 is 4.39 Å². The van der Waals surface area contributed by atoms with Crippen LogP contribution in [-0.2, 0) is 20.0 Å². The molecule has 2 aliphatic rings. The van der Waals surface area contributed by atoms with Gasteiger partial charge in [0.2, 0.25) is 0 Å². The number of benzene rings is 1. The molecule has 12 heteroatoms. The summed E-state index contributed by atoms with van der Waals surface area (Å²) in [5, 5.41) is 5.13. The molecule has 204 valence electrons. The fraction of sp³-hybridized carbons (Fsp3) is 0.462. The maximum absolute atomic E-state index is 15.4. The zero-order valence-corrected chi connectivity index (χ0v) is 23.7. The van der Waals surface area contributed by atoms with E-state index in [4.69, 9.17) is 21.3 Å². The van der Waals surface area contributed by atoms with E-state index in [2.05, 4.69) is 20.0 Å². The Hall–Kier alpha value is -3.05. The number of amides is 2. The third-order valence-corrected chi connectivity index (χ3v) is 10.6. The largest absolute Gasteiger partial charge is 0.444 e. The number of nitrogens with zero attached hydrogens (tertiary/aromatic N) is 3. The highest BCUT2D eigenvalue weighted by Gasteiger charge is 2.57. The number of hydrogen-bond donors (Lipinski definition) is 2. The van der Waals surface area contributed by atoms with Crippen LogP contribution in [0.3, 0.4) is 0 Å². The average Bonchev–Trinajstić information content (AvgIpc) is 3.23. The number of nitrogens with one attached hydrogen (secondary N) is 2. The van der Waals surface area contributed by atoms with E-state index in [1.54, 1.807) is 47.6 Å². The Kier molecular flexibility index (Phi) is 7.07. The van der Waals surface area contributed by atoms with Gasteiger partial charge in [-0.3, -0.25) is 15.1 Å². The molecule has 9 nitrogen and oxygen atoms in total. The SMILES string of the molecule is CC(C)(C)OC(=O)NC1=N[C@](C)(c2cc(NC(=O)c3ccc(Cl)cn3)ccc2F)[C@@H]2CCN=[S@]2(=O)C1(C)C. The first-order chi connectivity index (χ1) is 17.6. The Balaban J connectivity index is 1.78. The lowest BCUT2D eigenvalue weighted by Gasteiger charge is -2.45. The topological polar surface area (TPSA) is 122 Å². The highest BCUT2D eigenvalue weighted by atomic mass is 35.5. The standard InChI is InChI=1S/C26H31ClFN5O4S/c1-24(2,3)37-23(35)32-22-25(4,5)38(36)20(11-12-30-38)26(6,33-22)17-13-16(8-9-18(17)28)31-21(34)19-10-7-15(27)14-29-19/h7-10,13-14,20H,11-12H2,1-6H3,(H,31,34)(H,32,33,35)/t20-,26+,38+/m0/s1. The van der Waals surface area contributed by atoms with Crippen LogP contribution in [0.4, 0.5) is 14.9 Å². The van der Waals surface area contributed by atoms with E-state index in [0.717, 1.165) is 0 Å². The fourth-order valence-corrected chi connectivity index (χ4v) is 8.05. The van der Waals surface area contributed by atoms with Crippen molar-refractivity contribution in [3.8, 4) is 0 Å². The number of pyridine rings is 1. The number of aliphatic imine (C=N–C) groups is 1. The highest BCUT2D eigenvalue weighted by Crippen LogP contribution is 2.48. The third kappa shape index (κ3) is 5.01. The van der Waals surface area contributed by atoms with Crippen LogP contribution in [0.15, 0.2) is 45.9 Å². The maximum Gasteiger partial charge on any atom is 0.413 e. The number of aromatic nitrogens is 1.